The van der Waals surface area contributed by atoms with Gasteiger partial charge in [0.05, 0.1) is 0 Å². The highest BCUT2D eigenvalue weighted by Gasteiger charge is 2.25. The number of aryl methyl sites for hydroxylation is 1. The lowest BCUT2D eigenvalue weighted by molar-refractivity contribution is -0.139. The molecule has 118 valence electrons. The fourth-order valence-corrected chi connectivity index (χ4v) is 2.50. The van der Waals surface area contributed by atoms with Gasteiger partial charge in [-0.3, -0.25) is 4.79 Å². The van der Waals surface area contributed by atoms with Crippen molar-refractivity contribution >= 4 is 21.9 Å². The van der Waals surface area contributed by atoms with E-state index in [2.05, 4.69) is 5.32 Å². The molecule has 1 rings (SSSR count). The molecule has 0 unspecified atom stereocenters. The Bertz CT molecular complexity index is 647. The SMILES string of the molecule is Cc1oc(C(=O)N[C@@H](CC(C)C)C(=O)O)cc1S(N)(=O)=O. The highest BCUT2D eigenvalue weighted by atomic mass is 32.2. The minimum atomic E-state index is -4.00. The van der Waals surface area contributed by atoms with Crippen LogP contribution in [0.3, 0.4) is 0 Å². The zero-order valence-electron chi connectivity index (χ0n) is 11.9. The maximum Gasteiger partial charge on any atom is 0.326 e. The van der Waals surface area contributed by atoms with E-state index in [0.29, 0.717) is 0 Å². The highest BCUT2D eigenvalue weighted by Crippen LogP contribution is 2.19. The number of sulfonamides is 1. The molecule has 0 aliphatic heterocycles. The van der Waals surface area contributed by atoms with Gasteiger partial charge in [-0.25, -0.2) is 18.4 Å². The number of amides is 1. The van der Waals surface area contributed by atoms with Crippen LogP contribution in [0.15, 0.2) is 15.4 Å². The van der Waals surface area contributed by atoms with Crippen LogP contribution in [-0.2, 0) is 14.8 Å². The number of furan rings is 1. The lowest BCUT2D eigenvalue weighted by Crippen LogP contribution is -2.41. The number of hydrogen-bond acceptors (Lipinski definition) is 5. The van der Waals surface area contributed by atoms with E-state index in [1.807, 2.05) is 13.8 Å². The second-order valence-electron chi connectivity index (χ2n) is 5.07. The van der Waals surface area contributed by atoms with Crippen molar-refractivity contribution in [1.29, 1.82) is 0 Å². The summed E-state index contributed by atoms with van der Waals surface area (Å²) in [5.41, 5.74) is 0. The third-order valence-electron chi connectivity index (χ3n) is 2.71. The van der Waals surface area contributed by atoms with E-state index in [1.165, 1.54) is 6.92 Å². The summed E-state index contributed by atoms with van der Waals surface area (Å²) in [4.78, 5) is 22.7. The van der Waals surface area contributed by atoms with E-state index in [9.17, 15) is 18.0 Å². The monoisotopic (exact) mass is 318 g/mol. The molecule has 0 aromatic carbocycles. The van der Waals surface area contributed by atoms with Crippen LogP contribution in [-0.4, -0.2) is 31.4 Å². The van der Waals surface area contributed by atoms with Gasteiger partial charge in [0, 0.05) is 6.07 Å². The molecule has 0 aliphatic carbocycles. The molecule has 4 N–H and O–H groups in total. The topological polar surface area (TPSA) is 140 Å². The number of carbonyl (C=O) groups excluding carboxylic acids is 1. The molecular weight excluding hydrogens is 300 g/mol. The molecule has 1 atom stereocenters. The van der Waals surface area contributed by atoms with Crippen LogP contribution < -0.4 is 10.5 Å². The number of carbonyl (C=O) groups is 2. The molecule has 0 spiro atoms. The summed E-state index contributed by atoms with van der Waals surface area (Å²) in [5, 5.41) is 16.3. The van der Waals surface area contributed by atoms with Crippen LogP contribution in [0.4, 0.5) is 0 Å². The predicted octanol–water partition coefficient (Wildman–Crippen LogP) is 0.465. The average Bonchev–Trinajstić information content (AvgIpc) is 2.69. The summed E-state index contributed by atoms with van der Waals surface area (Å²) in [6.07, 6.45) is 0.239. The van der Waals surface area contributed by atoms with Crippen LogP contribution in [0.1, 0.15) is 36.6 Å². The summed E-state index contributed by atoms with van der Waals surface area (Å²) in [7, 11) is -4.00. The molecule has 9 heteroatoms. The Hall–Kier alpha value is -1.87. The number of aliphatic carboxylic acids is 1. The third kappa shape index (κ3) is 4.57. The zero-order chi connectivity index (χ0) is 16.4. The van der Waals surface area contributed by atoms with Crippen molar-refractivity contribution in [1.82, 2.24) is 5.32 Å². The third-order valence-corrected chi connectivity index (χ3v) is 3.73. The molecule has 1 aromatic rings. The molecule has 0 aliphatic rings. The zero-order valence-corrected chi connectivity index (χ0v) is 12.7. The van der Waals surface area contributed by atoms with Crippen molar-refractivity contribution in [3.8, 4) is 0 Å². The van der Waals surface area contributed by atoms with Crippen LogP contribution in [0, 0.1) is 12.8 Å². The first kappa shape index (κ1) is 17.2. The molecule has 0 bridgehead atoms. The normalized spacial score (nSPS) is 13.2. The molecule has 8 nitrogen and oxygen atoms in total. The van der Waals surface area contributed by atoms with E-state index in [-0.39, 0.29) is 28.8 Å². The maximum absolute atomic E-state index is 11.9. The minimum absolute atomic E-state index is 0.0293. The Balaban J connectivity index is 2.96. The second kappa shape index (κ2) is 6.27. The Morgan fingerprint density at radius 2 is 2.00 bits per heavy atom. The average molecular weight is 318 g/mol. The highest BCUT2D eigenvalue weighted by molar-refractivity contribution is 7.89. The number of rotatable bonds is 6. The number of primary sulfonamides is 1. The van der Waals surface area contributed by atoms with Gasteiger partial charge in [-0.15, -0.1) is 0 Å². The largest absolute Gasteiger partial charge is 0.480 e. The van der Waals surface area contributed by atoms with Crippen LogP contribution >= 0.6 is 0 Å². The first-order chi connectivity index (χ1) is 9.52. The van der Waals surface area contributed by atoms with Gasteiger partial charge in [-0.05, 0) is 19.3 Å². The summed E-state index contributed by atoms with van der Waals surface area (Å²) >= 11 is 0. The van der Waals surface area contributed by atoms with Crippen LogP contribution in [0.25, 0.3) is 0 Å². The van der Waals surface area contributed by atoms with Crippen molar-refractivity contribution < 1.29 is 27.5 Å². The summed E-state index contributed by atoms with van der Waals surface area (Å²) in [5.74, 6) is -2.25. The van der Waals surface area contributed by atoms with Gasteiger partial charge >= 0.3 is 5.97 Å². The molecule has 1 aromatic heterocycles. The van der Waals surface area contributed by atoms with E-state index in [4.69, 9.17) is 14.7 Å². The van der Waals surface area contributed by atoms with E-state index >= 15 is 0 Å². The standard InChI is InChI=1S/C12H18N2O6S/c1-6(2)4-8(12(16)17)14-11(15)9-5-10(7(3)20-9)21(13,18)19/h5-6,8H,4H2,1-3H3,(H,14,15)(H,16,17)(H2,13,18,19)/t8-/m0/s1. The lowest BCUT2D eigenvalue weighted by atomic mass is 10.0. The predicted molar refractivity (Wildman–Crippen MR) is 73.2 cm³/mol. The summed E-state index contributed by atoms with van der Waals surface area (Å²) in [6.45, 7) is 4.98. The maximum atomic E-state index is 11.9. The van der Waals surface area contributed by atoms with Gasteiger partial charge < -0.3 is 14.8 Å². The molecule has 0 saturated carbocycles. The summed E-state index contributed by atoms with van der Waals surface area (Å²) < 4.78 is 27.5. The second-order valence-corrected chi connectivity index (χ2v) is 6.60. The first-order valence-corrected chi connectivity index (χ1v) is 7.74. The van der Waals surface area contributed by atoms with E-state index in [0.717, 1.165) is 6.07 Å². The smallest absolute Gasteiger partial charge is 0.326 e. The molecule has 1 heterocycles. The Morgan fingerprint density at radius 3 is 2.38 bits per heavy atom. The number of nitrogens with two attached hydrogens (primary N) is 1. The molecule has 0 saturated heterocycles. The number of nitrogens with one attached hydrogen (secondary N) is 1. The minimum Gasteiger partial charge on any atom is -0.480 e. The quantitative estimate of drug-likeness (QED) is 0.696. The van der Waals surface area contributed by atoms with Crippen molar-refractivity contribution in [3.05, 3.63) is 17.6 Å². The molecule has 21 heavy (non-hydrogen) atoms. The number of carboxylic acids is 1. The lowest BCUT2D eigenvalue weighted by Gasteiger charge is -2.15. The summed E-state index contributed by atoms with van der Waals surface area (Å²) in [6, 6.07) is -0.102. The van der Waals surface area contributed by atoms with Crippen LogP contribution in [0.5, 0.6) is 0 Å². The molecule has 0 radical (unpaired) electrons. The Kier molecular flexibility index (Phi) is 5.13. The Morgan fingerprint density at radius 1 is 1.43 bits per heavy atom. The fraction of sp³-hybridized carbons (Fsp3) is 0.500. The number of carboxylic acid groups (broad SMARTS) is 1. The van der Waals surface area contributed by atoms with Crippen molar-refractivity contribution in [2.24, 2.45) is 11.1 Å². The van der Waals surface area contributed by atoms with Gasteiger partial charge in [-0.1, -0.05) is 13.8 Å². The van der Waals surface area contributed by atoms with Gasteiger partial charge in [0.1, 0.15) is 16.7 Å². The van der Waals surface area contributed by atoms with Crippen molar-refractivity contribution in [2.75, 3.05) is 0 Å². The van der Waals surface area contributed by atoms with Gasteiger partial charge in [0.2, 0.25) is 10.0 Å². The van der Waals surface area contributed by atoms with Crippen molar-refractivity contribution in [3.63, 3.8) is 0 Å². The first-order valence-electron chi connectivity index (χ1n) is 6.19. The van der Waals surface area contributed by atoms with Crippen molar-refractivity contribution in [2.45, 2.75) is 38.1 Å². The van der Waals surface area contributed by atoms with Crippen LogP contribution in [0.2, 0.25) is 0 Å². The Labute approximate surface area is 122 Å². The molecule has 0 fully saturated rings. The van der Waals surface area contributed by atoms with E-state index in [1.54, 1.807) is 0 Å². The molecule has 1 amide bonds. The molecular formula is C12H18N2O6S. The van der Waals surface area contributed by atoms with E-state index < -0.39 is 27.9 Å². The van der Waals surface area contributed by atoms with Gasteiger partial charge in [0.25, 0.3) is 5.91 Å². The number of hydrogen-bond donors (Lipinski definition) is 3. The fourth-order valence-electron chi connectivity index (χ4n) is 1.78. The van der Waals surface area contributed by atoms with Gasteiger partial charge in [-0.2, -0.15) is 0 Å². The van der Waals surface area contributed by atoms with Gasteiger partial charge in [0.15, 0.2) is 5.76 Å².